The van der Waals surface area contributed by atoms with Crippen molar-refractivity contribution in [1.82, 2.24) is 9.97 Å². The number of alkyl halides is 1. The van der Waals surface area contributed by atoms with Gasteiger partial charge in [0.2, 0.25) is 5.88 Å². The van der Waals surface area contributed by atoms with Gasteiger partial charge in [0.05, 0.1) is 24.7 Å². The second-order valence-electron chi connectivity index (χ2n) is 4.69. The number of aromatic nitrogens is 2. The number of hydrogen-bond donors (Lipinski definition) is 0. The highest BCUT2D eigenvalue weighted by atomic mass is 35.5. The summed E-state index contributed by atoms with van der Waals surface area (Å²) in [6.45, 7) is 6.33. The number of halogens is 1. The lowest BCUT2D eigenvalue weighted by molar-refractivity contribution is -0.00359. The molecule has 1 fully saturated rings. The number of ether oxygens (including phenoxy) is 2. The number of hydrogen-bond acceptors (Lipinski definition) is 5. The van der Waals surface area contributed by atoms with Crippen LogP contribution in [0.25, 0.3) is 0 Å². The molecule has 0 saturated carbocycles. The molecule has 106 valence electrons. The van der Waals surface area contributed by atoms with Crippen molar-refractivity contribution in [2.24, 2.45) is 0 Å². The van der Waals surface area contributed by atoms with E-state index in [9.17, 15) is 0 Å². The first kappa shape index (κ1) is 14.3. The van der Waals surface area contributed by atoms with Crippen molar-refractivity contribution in [1.29, 1.82) is 0 Å². The third-order valence-corrected chi connectivity index (χ3v) is 3.25. The van der Waals surface area contributed by atoms with Gasteiger partial charge in [-0.05, 0) is 13.3 Å². The molecule has 5 nitrogen and oxygen atoms in total. The predicted molar refractivity (Wildman–Crippen MR) is 75.1 cm³/mol. The zero-order valence-corrected chi connectivity index (χ0v) is 12.1. The van der Waals surface area contributed by atoms with Crippen LogP contribution in [0.15, 0.2) is 12.4 Å². The van der Waals surface area contributed by atoms with Crippen molar-refractivity contribution in [2.75, 3.05) is 30.5 Å². The summed E-state index contributed by atoms with van der Waals surface area (Å²) in [5.74, 6) is 1.98. The van der Waals surface area contributed by atoms with Crippen molar-refractivity contribution in [3.8, 4) is 5.88 Å². The minimum atomic E-state index is 0.0420. The Bertz CT molecular complexity index is 405. The highest BCUT2D eigenvalue weighted by molar-refractivity contribution is 6.18. The maximum absolute atomic E-state index is 5.89. The summed E-state index contributed by atoms with van der Waals surface area (Å²) in [7, 11) is 0. The lowest BCUT2D eigenvalue weighted by Gasteiger charge is -2.36. The standard InChI is InChI=1S/C13H20ClN3O2/c1-3-4-18-13-5-12(15-9-16-13)17-7-10(2)19-11(6-14)8-17/h5,9-11H,3-4,6-8H2,1-2H3. The molecule has 1 aromatic rings. The maximum Gasteiger partial charge on any atom is 0.218 e. The smallest absolute Gasteiger partial charge is 0.218 e. The zero-order valence-electron chi connectivity index (χ0n) is 11.4. The minimum Gasteiger partial charge on any atom is -0.478 e. The Morgan fingerprint density at radius 1 is 1.47 bits per heavy atom. The molecule has 1 aliphatic heterocycles. The number of rotatable bonds is 5. The van der Waals surface area contributed by atoms with Gasteiger partial charge < -0.3 is 14.4 Å². The summed E-state index contributed by atoms with van der Waals surface area (Å²) in [5, 5.41) is 0. The molecule has 19 heavy (non-hydrogen) atoms. The molecule has 1 saturated heterocycles. The first-order valence-electron chi connectivity index (χ1n) is 6.64. The van der Waals surface area contributed by atoms with E-state index in [1.807, 2.05) is 13.0 Å². The Labute approximate surface area is 118 Å². The van der Waals surface area contributed by atoms with Crippen LogP contribution in [0.3, 0.4) is 0 Å². The average Bonchev–Trinajstić information content (AvgIpc) is 2.44. The summed E-state index contributed by atoms with van der Waals surface area (Å²) < 4.78 is 11.3. The van der Waals surface area contributed by atoms with Crippen molar-refractivity contribution in [2.45, 2.75) is 32.5 Å². The second-order valence-corrected chi connectivity index (χ2v) is 5.00. The summed E-state index contributed by atoms with van der Waals surface area (Å²) in [4.78, 5) is 10.6. The van der Waals surface area contributed by atoms with E-state index >= 15 is 0 Å². The monoisotopic (exact) mass is 285 g/mol. The quantitative estimate of drug-likeness (QED) is 0.776. The Hall–Kier alpha value is -1.07. The van der Waals surface area contributed by atoms with Crippen LogP contribution < -0.4 is 9.64 Å². The highest BCUT2D eigenvalue weighted by Gasteiger charge is 2.25. The molecule has 2 atom stereocenters. The lowest BCUT2D eigenvalue weighted by atomic mass is 10.2. The fraction of sp³-hybridized carbons (Fsp3) is 0.692. The Balaban J connectivity index is 2.07. The van der Waals surface area contributed by atoms with E-state index in [2.05, 4.69) is 21.8 Å². The van der Waals surface area contributed by atoms with Crippen LogP contribution in [0.1, 0.15) is 20.3 Å². The van der Waals surface area contributed by atoms with Crippen molar-refractivity contribution in [3.05, 3.63) is 12.4 Å². The van der Waals surface area contributed by atoms with Gasteiger partial charge in [0.1, 0.15) is 12.1 Å². The molecule has 0 aliphatic carbocycles. The topological polar surface area (TPSA) is 47.5 Å². The summed E-state index contributed by atoms with van der Waals surface area (Å²) in [6.07, 6.45) is 2.69. The molecule has 2 unspecified atom stereocenters. The molecule has 0 radical (unpaired) electrons. The van der Waals surface area contributed by atoms with Crippen LogP contribution in [-0.2, 0) is 4.74 Å². The molecule has 0 aromatic carbocycles. The fourth-order valence-electron chi connectivity index (χ4n) is 2.11. The molecule has 2 rings (SSSR count). The largest absolute Gasteiger partial charge is 0.478 e. The molecule has 1 aliphatic rings. The van der Waals surface area contributed by atoms with E-state index in [1.54, 1.807) is 0 Å². The molecule has 1 aromatic heterocycles. The number of nitrogens with zero attached hydrogens (tertiary/aromatic N) is 3. The molecule has 0 amide bonds. The van der Waals surface area contributed by atoms with Gasteiger partial charge in [0.15, 0.2) is 0 Å². The first-order chi connectivity index (χ1) is 9.22. The zero-order chi connectivity index (χ0) is 13.7. The van der Waals surface area contributed by atoms with Crippen molar-refractivity contribution >= 4 is 17.4 Å². The van der Waals surface area contributed by atoms with E-state index in [0.717, 1.165) is 25.3 Å². The van der Waals surface area contributed by atoms with Gasteiger partial charge in [-0.3, -0.25) is 0 Å². The van der Waals surface area contributed by atoms with Gasteiger partial charge in [-0.1, -0.05) is 6.92 Å². The van der Waals surface area contributed by atoms with Gasteiger partial charge in [0.25, 0.3) is 0 Å². The molecule has 0 spiro atoms. The van der Waals surface area contributed by atoms with E-state index in [0.29, 0.717) is 18.4 Å². The molecule has 0 bridgehead atoms. The minimum absolute atomic E-state index is 0.0420. The summed E-state index contributed by atoms with van der Waals surface area (Å²) >= 11 is 5.89. The SMILES string of the molecule is CCCOc1cc(N2CC(C)OC(CCl)C2)ncn1. The third kappa shape index (κ3) is 3.94. The van der Waals surface area contributed by atoms with Gasteiger partial charge in [-0.15, -0.1) is 11.6 Å². The van der Waals surface area contributed by atoms with Crippen molar-refractivity contribution in [3.63, 3.8) is 0 Å². The van der Waals surface area contributed by atoms with Crippen LogP contribution in [0.5, 0.6) is 5.88 Å². The van der Waals surface area contributed by atoms with E-state index in [4.69, 9.17) is 21.1 Å². The third-order valence-electron chi connectivity index (χ3n) is 2.90. The fourth-order valence-corrected chi connectivity index (χ4v) is 2.28. The summed E-state index contributed by atoms with van der Waals surface area (Å²) in [5.41, 5.74) is 0. The molecular weight excluding hydrogens is 266 g/mol. The van der Waals surface area contributed by atoms with Crippen LogP contribution in [-0.4, -0.2) is 47.8 Å². The van der Waals surface area contributed by atoms with Gasteiger partial charge in [-0.2, -0.15) is 0 Å². The predicted octanol–water partition coefficient (Wildman–Crippen LogP) is 2.10. The number of anilines is 1. The molecule has 6 heteroatoms. The first-order valence-corrected chi connectivity index (χ1v) is 7.17. The maximum atomic E-state index is 5.89. The number of morpholine rings is 1. The Morgan fingerprint density at radius 3 is 3.05 bits per heavy atom. The second kappa shape index (κ2) is 6.91. The van der Waals surface area contributed by atoms with Gasteiger partial charge >= 0.3 is 0 Å². The highest BCUT2D eigenvalue weighted by Crippen LogP contribution is 2.21. The summed E-state index contributed by atoms with van der Waals surface area (Å²) in [6, 6.07) is 1.87. The van der Waals surface area contributed by atoms with Gasteiger partial charge in [-0.25, -0.2) is 9.97 Å². The van der Waals surface area contributed by atoms with Crippen LogP contribution in [0.4, 0.5) is 5.82 Å². The Kier molecular flexibility index (Phi) is 5.22. The van der Waals surface area contributed by atoms with Crippen LogP contribution in [0, 0.1) is 0 Å². The van der Waals surface area contributed by atoms with E-state index in [-0.39, 0.29) is 12.2 Å². The lowest BCUT2D eigenvalue weighted by Crippen LogP contribution is -2.47. The van der Waals surface area contributed by atoms with Crippen molar-refractivity contribution < 1.29 is 9.47 Å². The molecule has 2 heterocycles. The van der Waals surface area contributed by atoms with E-state index < -0.39 is 0 Å². The Morgan fingerprint density at radius 2 is 2.32 bits per heavy atom. The van der Waals surface area contributed by atoms with Crippen LogP contribution >= 0.6 is 11.6 Å². The molecule has 0 N–H and O–H groups in total. The normalized spacial score (nSPS) is 23.4. The van der Waals surface area contributed by atoms with E-state index in [1.165, 1.54) is 6.33 Å². The van der Waals surface area contributed by atoms with Crippen LogP contribution in [0.2, 0.25) is 0 Å². The average molecular weight is 286 g/mol. The van der Waals surface area contributed by atoms with Gasteiger partial charge in [0, 0.05) is 19.2 Å². The molecular formula is C13H20ClN3O2.